The summed E-state index contributed by atoms with van der Waals surface area (Å²) in [7, 11) is 1.82. The highest BCUT2D eigenvalue weighted by Crippen LogP contribution is 2.30. The molecule has 2 rings (SSSR count). The molecule has 0 aromatic heterocycles. The van der Waals surface area contributed by atoms with Crippen molar-refractivity contribution in [2.45, 2.75) is 128 Å². The Morgan fingerprint density at radius 2 is 1.84 bits per heavy atom. The van der Waals surface area contributed by atoms with Crippen molar-refractivity contribution in [3.63, 3.8) is 0 Å². The molecule has 0 aromatic rings. The number of esters is 1. The maximum absolute atomic E-state index is 13.0. The lowest BCUT2D eigenvalue weighted by Gasteiger charge is -2.31. The Morgan fingerprint density at radius 3 is 2.44 bits per heavy atom. The first kappa shape index (κ1) is 37.5. The van der Waals surface area contributed by atoms with Crippen LogP contribution in [0.4, 0.5) is 0 Å². The normalized spacial score (nSPS) is 23.3. The largest absolute Gasteiger partial charge is 0.460 e. The first-order valence-electron chi connectivity index (χ1n) is 15.9. The minimum absolute atomic E-state index is 0.0264. The summed E-state index contributed by atoms with van der Waals surface area (Å²) in [6, 6.07) is 0. The van der Waals surface area contributed by atoms with E-state index in [2.05, 4.69) is 12.2 Å². The van der Waals surface area contributed by atoms with Crippen molar-refractivity contribution in [1.82, 2.24) is 10.2 Å². The fourth-order valence-electron chi connectivity index (χ4n) is 5.45. The Labute approximate surface area is 263 Å². The van der Waals surface area contributed by atoms with Gasteiger partial charge in [0.1, 0.15) is 12.9 Å². The van der Waals surface area contributed by atoms with Crippen molar-refractivity contribution in [3.05, 3.63) is 0 Å². The SMILES string of the molecule is CC1CCC(CN(C)C(=O)C(CC=O)SCCNC(=O)CCCC(=O)OCC(OC2COC(C)(C)C2)OC(C)(C)C)CC1. The smallest absolute Gasteiger partial charge is 0.305 e. The van der Waals surface area contributed by atoms with Crippen LogP contribution in [0.15, 0.2) is 0 Å². The zero-order chi connectivity index (χ0) is 32.0. The van der Waals surface area contributed by atoms with Gasteiger partial charge in [0.2, 0.25) is 11.8 Å². The second-order valence-electron chi connectivity index (χ2n) is 13.7. The van der Waals surface area contributed by atoms with Crippen LogP contribution < -0.4 is 5.32 Å². The van der Waals surface area contributed by atoms with Crippen molar-refractivity contribution in [3.8, 4) is 0 Å². The highest BCUT2D eigenvalue weighted by Gasteiger charge is 2.35. The molecule has 0 spiro atoms. The van der Waals surface area contributed by atoms with Crippen LogP contribution in [0.5, 0.6) is 0 Å². The maximum atomic E-state index is 13.0. The quantitative estimate of drug-likeness (QED) is 0.101. The fraction of sp³-hybridized carbons (Fsp3) is 0.875. The molecule has 1 aliphatic heterocycles. The van der Waals surface area contributed by atoms with E-state index < -0.39 is 23.1 Å². The van der Waals surface area contributed by atoms with Crippen LogP contribution in [-0.4, -0.2) is 96.9 Å². The number of carbonyl (C=O) groups is 4. The number of thioether (sulfide) groups is 1. The Hall–Kier alpha value is -1.69. The molecule has 248 valence electrons. The van der Waals surface area contributed by atoms with Gasteiger partial charge in [0, 0.05) is 51.6 Å². The van der Waals surface area contributed by atoms with Crippen LogP contribution in [0.1, 0.15) is 99.3 Å². The molecule has 1 aliphatic carbocycles. The monoisotopic (exact) mass is 628 g/mol. The molecule has 1 heterocycles. The first-order valence-corrected chi connectivity index (χ1v) is 16.9. The summed E-state index contributed by atoms with van der Waals surface area (Å²) in [6.45, 7) is 13.6. The zero-order valence-electron chi connectivity index (χ0n) is 27.5. The molecule has 1 saturated heterocycles. The molecular weight excluding hydrogens is 572 g/mol. The molecule has 0 aromatic carbocycles. The van der Waals surface area contributed by atoms with E-state index in [1.54, 1.807) is 4.90 Å². The van der Waals surface area contributed by atoms with Crippen LogP contribution in [0.25, 0.3) is 0 Å². The number of amides is 2. The van der Waals surface area contributed by atoms with Gasteiger partial charge in [-0.2, -0.15) is 0 Å². The summed E-state index contributed by atoms with van der Waals surface area (Å²) >= 11 is 1.40. The minimum Gasteiger partial charge on any atom is -0.460 e. The summed E-state index contributed by atoms with van der Waals surface area (Å²) in [5, 5.41) is 2.39. The summed E-state index contributed by atoms with van der Waals surface area (Å²) in [5.41, 5.74) is -0.738. The van der Waals surface area contributed by atoms with E-state index in [9.17, 15) is 19.2 Å². The molecule has 2 aliphatic rings. The van der Waals surface area contributed by atoms with E-state index in [0.29, 0.717) is 31.2 Å². The molecule has 43 heavy (non-hydrogen) atoms. The van der Waals surface area contributed by atoms with Gasteiger partial charge in [0.25, 0.3) is 0 Å². The molecule has 10 nitrogen and oxygen atoms in total. The maximum Gasteiger partial charge on any atom is 0.305 e. The molecule has 11 heteroatoms. The number of aldehydes is 1. The van der Waals surface area contributed by atoms with Gasteiger partial charge in [-0.1, -0.05) is 19.8 Å². The molecule has 3 unspecified atom stereocenters. The lowest BCUT2D eigenvalue weighted by atomic mass is 9.83. The number of rotatable bonds is 18. The summed E-state index contributed by atoms with van der Waals surface area (Å²) < 4.78 is 23.1. The Balaban J connectivity index is 1.63. The average molecular weight is 629 g/mol. The fourth-order valence-corrected chi connectivity index (χ4v) is 6.49. The van der Waals surface area contributed by atoms with Crippen molar-refractivity contribution in [2.24, 2.45) is 11.8 Å². The third-order valence-electron chi connectivity index (χ3n) is 7.75. The van der Waals surface area contributed by atoms with Gasteiger partial charge in [-0.15, -0.1) is 11.8 Å². The molecule has 1 N–H and O–H groups in total. The van der Waals surface area contributed by atoms with E-state index in [4.69, 9.17) is 18.9 Å². The van der Waals surface area contributed by atoms with Crippen LogP contribution in [0.3, 0.4) is 0 Å². The number of hydrogen-bond donors (Lipinski definition) is 1. The van der Waals surface area contributed by atoms with Crippen LogP contribution >= 0.6 is 11.8 Å². The summed E-state index contributed by atoms with van der Waals surface area (Å²) in [4.78, 5) is 50.6. The van der Waals surface area contributed by atoms with E-state index in [1.807, 2.05) is 41.7 Å². The van der Waals surface area contributed by atoms with Crippen LogP contribution in [0, 0.1) is 11.8 Å². The molecule has 0 radical (unpaired) electrons. The topological polar surface area (TPSA) is 120 Å². The lowest BCUT2D eigenvalue weighted by molar-refractivity contribution is -0.233. The Morgan fingerprint density at radius 1 is 1.14 bits per heavy atom. The molecule has 1 saturated carbocycles. The second-order valence-corrected chi connectivity index (χ2v) is 15.0. The molecule has 3 atom stereocenters. The zero-order valence-corrected chi connectivity index (χ0v) is 28.3. The van der Waals surface area contributed by atoms with Crippen molar-refractivity contribution >= 4 is 35.8 Å². The van der Waals surface area contributed by atoms with E-state index in [-0.39, 0.29) is 49.4 Å². The highest BCUT2D eigenvalue weighted by atomic mass is 32.2. The van der Waals surface area contributed by atoms with Gasteiger partial charge >= 0.3 is 5.97 Å². The predicted octanol–water partition coefficient (Wildman–Crippen LogP) is 4.52. The Kier molecular flexibility index (Phi) is 16.0. The van der Waals surface area contributed by atoms with Gasteiger partial charge in [0.05, 0.1) is 29.2 Å². The third-order valence-corrected chi connectivity index (χ3v) is 8.98. The molecule has 2 fully saturated rings. The summed E-state index contributed by atoms with van der Waals surface area (Å²) in [5.74, 6) is 1.19. The van der Waals surface area contributed by atoms with Gasteiger partial charge in [-0.3, -0.25) is 14.4 Å². The van der Waals surface area contributed by atoms with Gasteiger partial charge < -0.3 is 34.0 Å². The number of hydrogen-bond acceptors (Lipinski definition) is 9. The predicted molar refractivity (Wildman–Crippen MR) is 168 cm³/mol. The van der Waals surface area contributed by atoms with Gasteiger partial charge in [-0.05, 0) is 65.7 Å². The van der Waals surface area contributed by atoms with Crippen molar-refractivity contribution in [1.29, 1.82) is 0 Å². The lowest BCUT2D eigenvalue weighted by Crippen LogP contribution is -2.39. The molecule has 0 bridgehead atoms. The van der Waals surface area contributed by atoms with Crippen molar-refractivity contribution < 1.29 is 38.1 Å². The van der Waals surface area contributed by atoms with E-state index in [0.717, 1.165) is 38.0 Å². The number of nitrogens with one attached hydrogen (secondary N) is 1. The van der Waals surface area contributed by atoms with E-state index in [1.165, 1.54) is 24.6 Å². The first-order chi connectivity index (χ1) is 20.2. The minimum atomic E-state index is -0.710. The molecular formula is C32H56N2O8S. The number of carbonyl (C=O) groups excluding carboxylic acids is 4. The van der Waals surface area contributed by atoms with Crippen LogP contribution in [-0.2, 0) is 38.1 Å². The van der Waals surface area contributed by atoms with Gasteiger partial charge in [0.15, 0.2) is 6.29 Å². The molecule has 2 amide bonds. The second kappa shape index (κ2) is 18.3. The Bertz CT molecular complexity index is 885. The summed E-state index contributed by atoms with van der Waals surface area (Å²) in [6.07, 6.45) is 6.16. The van der Waals surface area contributed by atoms with Gasteiger partial charge in [-0.25, -0.2) is 0 Å². The average Bonchev–Trinajstić information content (AvgIpc) is 3.26. The number of ether oxygens (including phenoxy) is 4. The standard InChI is InChI=1S/C32H56N2O8S/c1-23-11-13-24(14-12-23)20-34(7)30(38)26(15-17-35)43-18-16-33-27(36)9-8-10-28(37)39-22-29(42-31(2,3)4)41-25-19-32(5,6)40-21-25/h17,23-26,29H,8-16,18-22H2,1-7H3,(H,33,36). The van der Waals surface area contributed by atoms with Crippen LogP contribution in [0.2, 0.25) is 0 Å². The third kappa shape index (κ3) is 15.7. The van der Waals surface area contributed by atoms with Crippen molar-refractivity contribution in [2.75, 3.05) is 39.1 Å². The van der Waals surface area contributed by atoms with E-state index >= 15 is 0 Å². The highest BCUT2D eigenvalue weighted by molar-refractivity contribution is 8.00. The number of nitrogens with zero attached hydrogens (tertiary/aromatic N) is 1.